The summed E-state index contributed by atoms with van der Waals surface area (Å²) in [7, 11) is 0. The van der Waals surface area contributed by atoms with E-state index in [0.29, 0.717) is 6.04 Å². The summed E-state index contributed by atoms with van der Waals surface area (Å²) in [5.74, 6) is 1.78. The van der Waals surface area contributed by atoms with E-state index in [1.807, 2.05) is 12.1 Å². The second kappa shape index (κ2) is 4.61. The van der Waals surface area contributed by atoms with Gasteiger partial charge in [-0.1, -0.05) is 6.42 Å². The Hall–Kier alpha value is -1.16. The van der Waals surface area contributed by atoms with E-state index in [-0.39, 0.29) is 0 Å². The topological polar surface area (TPSA) is 37.0 Å². The van der Waals surface area contributed by atoms with Gasteiger partial charge in [0.15, 0.2) is 5.11 Å². The fourth-order valence-electron chi connectivity index (χ4n) is 3.19. The molecule has 0 aliphatic heterocycles. The minimum Gasteiger partial charge on any atom is -0.359 e. The Morgan fingerprint density at radius 1 is 1.35 bits per heavy atom. The molecule has 17 heavy (non-hydrogen) atoms. The molecule has 2 fully saturated rings. The normalized spacial score (nSPS) is 30.2. The summed E-state index contributed by atoms with van der Waals surface area (Å²) >= 11 is 5.34. The summed E-state index contributed by atoms with van der Waals surface area (Å²) in [6, 6.07) is 4.47. The molecule has 90 valence electrons. The summed E-state index contributed by atoms with van der Waals surface area (Å²) in [6.45, 7) is 0. The maximum atomic E-state index is 5.34. The molecule has 3 rings (SSSR count). The average Bonchev–Trinajstić information content (AvgIpc) is 2.92. The molecule has 0 spiro atoms. The molecule has 2 aliphatic rings. The minimum atomic E-state index is 0.588. The molecule has 1 aromatic rings. The van der Waals surface area contributed by atoms with Crippen LogP contribution in [-0.4, -0.2) is 16.1 Å². The van der Waals surface area contributed by atoms with Gasteiger partial charge in [0.25, 0.3) is 0 Å². The number of aromatic nitrogens is 1. The minimum absolute atomic E-state index is 0.588. The number of rotatable bonds is 2. The molecule has 3 atom stereocenters. The van der Waals surface area contributed by atoms with Gasteiger partial charge in [0, 0.05) is 12.2 Å². The Bertz CT molecular complexity index is 406. The largest absolute Gasteiger partial charge is 0.359 e. The highest BCUT2D eigenvalue weighted by atomic mass is 32.1. The molecule has 3 nitrogen and oxygen atoms in total. The Balaban J connectivity index is 1.54. The van der Waals surface area contributed by atoms with Crippen molar-refractivity contribution in [1.29, 1.82) is 0 Å². The van der Waals surface area contributed by atoms with Crippen LogP contribution in [0.15, 0.2) is 24.5 Å². The van der Waals surface area contributed by atoms with Gasteiger partial charge in [-0.05, 0) is 55.4 Å². The van der Waals surface area contributed by atoms with Gasteiger partial charge in [0.1, 0.15) is 0 Å². The van der Waals surface area contributed by atoms with Gasteiger partial charge in [-0.25, -0.2) is 0 Å². The van der Waals surface area contributed by atoms with Crippen molar-refractivity contribution in [3.05, 3.63) is 24.5 Å². The third-order valence-electron chi connectivity index (χ3n) is 3.97. The number of hydrogen-bond donors (Lipinski definition) is 2. The third-order valence-corrected chi connectivity index (χ3v) is 4.19. The van der Waals surface area contributed by atoms with Gasteiger partial charge in [-0.15, -0.1) is 0 Å². The number of anilines is 1. The highest BCUT2D eigenvalue weighted by Gasteiger charge is 2.39. The van der Waals surface area contributed by atoms with Crippen molar-refractivity contribution in [1.82, 2.24) is 10.3 Å². The van der Waals surface area contributed by atoms with Crippen molar-refractivity contribution in [2.24, 2.45) is 11.8 Å². The molecular formula is C13H17N3S. The molecule has 2 N–H and O–H groups in total. The highest BCUT2D eigenvalue weighted by molar-refractivity contribution is 7.80. The molecule has 1 aromatic heterocycles. The molecule has 0 saturated heterocycles. The number of nitrogens with one attached hydrogen (secondary N) is 2. The van der Waals surface area contributed by atoms with Gasteiger partial charge in [-0.2, -0.15) is 0 Å². The number of nitrogens with zero attached hydrogens (tertiary/aromatic N) is 1. The lowest BCUT2D eigenvalue weighted by Crippen LogP contribution is -2.40. The van der Waals surface area contributed by atoms with Gasteiger partial charge < -0.3 is 10.6 Å². The zero-order valence-electron chi connectivity index (χ0n) is 9.73. The van der Waals surface area contributed by atoms with Crippen molar-refractivity contribution < 1.29 is 0 Å². The van der Waals surface area contributed by atoms with Gasteiger partial charge in [0.05, 0.1) is 11.9 Å². The number of fused-ring (bicyclic) bond motifs is 2. The average molecular weight is 247 g/mol. The molecule has 1 heterocycles. The maximum absolute atomic E-state index is 5.34. The molecule has 0 radical (unpaired) electrons. The summed E-state index contributed by atoms with van der Waals surface area (Å²) in [5.41, 5.74) is 0.952. The van der Waals surface area contributed by atoms with Crippen LogP contribution in [0.1, 0.15) is 25.7 Å². The number of pyridine rings is 1. The van der Waals surface area contributed by atoms with Crippen LogP contribution >= 0.6 is 12.2 Å². The summed E-state index contributed by atoms with van der Waals surface area (Å²) in [5, 5.41) is 7.37. The van der Waals surface area contributed by atoms with Gasteiger partial charge >= 0.3 is 0 Å². The van der Waals surface area contributed by atoms with E-state index in [1.54, 1.807) is 12.4 Å². The van der Waals surface area contributed by atoms with Crippen LogP contribution in [-0.2, 0) is 0 Å². The van der Waals surface area contributed by atoms with Crippen molar-refractivity contribution in [2.75, 3.05) is 5.32 Å². The quantitative estimate of drug-likeness (QED) is 0.788. The first-order chi connectivity index (χ1) is 8.31. The van der Waals surface area contributed by atoms with E-state index in [0.717, 1.165) is 22.6 Å². The molecular weight excluding hydrogens is 230 g/mol. The van der Waals surface area contributed by atoms with Crippen LogP contribution in [0.5, 0.6) is 0 Å². The predicted molar refractivity (Wildman–Crippen MR) is 72.8 cm³/mol. The third kappa shape index (κ3) is 2.41. The van der Waals surface area contributed by atoms with Crippen LogP contribution in [0, 0.1) is 11.8 Å². The molecule has 2 bridgehead atoms. The molecule has 2 saturated carbocycles. The Morgan fingerprint density at radius 3 is 2.94 bits per heavy atom. The van der Waals surface area contributed by atoms with Crippen LogP contribution in [0.3, 0.4) is 0 Å². The van der Waals surface area contributed by atoms with E-state index >= 15 is 0 Å². The monoisotopic (exact) mass is 247 g/mol. The van der Waals surface area contributed by atoms with Crippen LogP contribution in [0.2, 0.25) is 0 Å². The van der Waals surface area contributed by atoms with Crippen molar-refractivity contribution in [2.45, 2.75) is 31.7 Å². The fourth-order valence-corrected chi connectivity index (χ4v) is 3.46. The van der Waals surface area contributed by atoms with E-state index in [4.69, 9.17) is 12.2 Å². The lowest BCUT2D eigenvalue weighted by atomic mass is 9.96. The first-order valence-electron chi connectivity index (χ1n) is 6.29. The maximum Gasteiger partial charge on any atom is 0.171 e. The molecule has 2 aliphatic carbocycles. The second-order valence-electron chi connectivity index (χ2n) is 5.12. The molecule has 0 unspecified atom stereocenters. The summed E-state index contributed by atoms with van der Waals surface area (Å²) < 4.78 is 0. The number of hydrogen-bond acceptors (Lipinski definition) is 2. The Kier molecular flexibility index (Phi) is 2.97. The predicted octanol–water partition coefficient (Wildman–Crippen LogP) is 2.56. The van der Waals surface area contributed by atoms with E-state index in [9.17, 15) is 0 Å². The van der Waals surface area contributed by atoms with Crippen molar-refractivity contribution in [3.63, 3.8) is 0 Å². The van der Waals surface area contributed by atoms with Crippen molar-refractivity contribution >= 4 is 23.0 Å². The first kappa shape index (κ1) is 11.0. The molecule has 4 heteroatoms. The van der Waals surface area contributed by atoms with Gasteiger partial charge in [0.2, 0.25) is 0 Å². The second-order valence-corrected chi connectivity index (χ2v) is 5.53. The molecule has 0 amide bonds. The van der Waals surface area contributed by atoms with Crippen LogP contribution in [0.4, 0.5) is 5.69 Å². The number of thiocarbonyl (C=S) groups is 1. The molecule has 0 aromatic carbocycles. The van der Waals surface area contributed by atoms with Crippen LogP contribution in [0.25, 0.3) is 0 Å². The summed E-state index contributed by atoms with van der Waals surface area (Å²) in [4.78, 5) is 4.06. The van der Waals surface area contributed by atoms with E-state index in [2.05, 4.69) is 15.6 Å². The van der Waals surface area contributed by atoms with Crippen LogP contribution < -0.4 is 10.6 Å². The smallest absolute Gasteiger partial charge is 0.171 e. The zero-order valence-corrected chi connectivity index (χ0v) is 10.5. The Morgan fingerprint density at radius 2 is 2.29 bits per heavy atom. The zero-order chi connectivity index (χ0) is 11.7. The Labute approximate surface area is 107 Å². The van der Waals surface area contributed by atoms with Gasteiger partial charge in [-0.3, -0.25) is 4.98 Å². The SMILES string of the molecule is S=C(Nc1cccnc1)N[C@H]1C[C@H]2CC[C@H]1C2. The van der Waals surface area contributed by atoms with E-state index < -0.39 is 0 Å². The summed E-state index contributed by atoms with van der Waals surface area (Å²) in [6.07, 6.45) is 9.03. The van der Waals surface area contributed by atoms with E-state index in [1.165, 1.54) is 25.7 Å². The standard InChI is InChI=1S/C13H17N3S/c17-13(15-11-2-1-5-14-8-11)16-12-7-9-3-4-10(12)6-9/h1-2,5,8-10,12H,3-4,6-7H2,(H2,15,16,17)/t9-,10-,12-/m0/s1. The highest BCUT2D eigenvalue weighted by Crippen LogP contribution is 2.44. The lowest BCUT2D eigenvalue weighted by molar-refractivity contribution is 0.392. The first-order valence-corrected chi connectivity index (χ1v) is 6.69. The lowest BCUT2D eigenvalue weighted by Gasteiger charge is -2.24. The van der Waals surface area contributed by atoms with Crippen molar-refractivity contribution in [3.8, 4) is 0 Å². The fraction of sp³-hybridized carbons (Fsp3) is 0.538.